The summed E-state index contributed by atoms with van der Waals surface area (Å²) < 4.78 is 0. The summed E-state index contributed by atoms with van der Waals surface area (Å²) in [5.41, 5.74) is 3.53. The molecule has 2 nitrogen and oxygen atoms in total. The number of nitrogens with one attached hydrogen (secondary N) is 1. The first-order valence-corrected chi connectivity index (χ1v) is 7.79. The second kappa shape index (κ2) is 5.92. The number of nitrogens with zero attached hydrogens (tertiary/aromatic N) is 1. The third kappa shape index (κ3) is 3.01. The minimum absolute atomic E-state index is 0.875. The summed E-state index contributed by atoms with van der Waals surface area (Å²) in [7, 11) is 0. The standard InChI is InChI=1S/C18H24N2/c1-13-4-3-5-17(13)12-19-11-15-7-9-18-16(10-15)8-6-14(2)20-18/h6-10,13,17,19H,3-5,11-12H2,1-2H3. The van der Waals surface area contributed by atoms with Crippen LogP contribution in [0.2, 0.25) is 0 Å². The molecule has 1 aliphatic rings. The molecule has 2 unspecified atom stereocenters. The SMILES string of the molecule is Cc1ccc2cc(CNCC3CCCC3C)ccc2n1. The van der Waals surface area contributed by atoms with Gasteiger partial charge in [-0.1, -0.05) is 31.9 Å². The fourth-order valence-electron chi connectivity index (χ4n) is 3.31. The number of hydrogen-bond acceptors (Lipinski definition) is 2. The van der Waals surface area contributed by atoms with Gasteiger partial charge in [0.05, 0.1) is 5.52 Å². The predicted octanol–water partition coefficient (Wildman–Crippen LogP) is 4.07. The number of aryl methyl sites for hydroxylation is 1. The summed E-state index contributed by atoms with van der Waals surface area (Å²) >= 11 is 0. The van der Waals surface area contributed by atoms with Crippen molar-refractivity contribution in [1.82, 2.24) is 10.3 Å². The molecule has 0 aliphatic heterocycles. The largest absolute Gasteiger partial charge is 0.312 e. The first-order chi connectivity index (χ1) is 9.72. The van der Waals surface area contributed by atoms with E-state index in [1.54, 1.807) is 0 Å². The lowest BCUT2D eigenvalue weighted by molar-refractivity contribution is 0.392. The third-order valence-electron chi connectivity index (χ3n) is 4.67. The molecule has 106 valence electrons. The van der Waals surface area contributed by atoms with E-state index in [0.29, 0.717) is 0 Å². The molecule has 2 atom stereocenters. The summed E-state index contributed by atoms with van der Waals surface area (Å²) in [5, 5.41) is 4.87. The maximum absolute atomic E-state index is 4.55. The van der Waals surface area contributed by atoms with Crippen LogP contribution in [0.25, 0.3) is 10.9 Å². The van der Waals surface area contributed by atoms with Gasteiger partial charge in [0.1, 0.15) is 0 Å². The van der Waals surface area contributed by atoms with E-state index in [4.69, 9.17) is 0 Å². The zero-order valence-electron chi connectivity index (χ0n) is 12.5. The van der Waals surface area contributed by atoms with Gasteiger partial charge >= 0.3 is 0 Å². The lowest BCUT2D eigenvalue weighted by atomic mass is 9.98. The van der Waals surface area contributed by atoms with Crippen molar-refractivity contribution in [3.8, 4) is 0 Å². The molecule has 2 aromatic rings. The van der Waals surface area contributed by atoms with Crippen LogP contribution in [-0.4, -0.2) is 11.5 Å². The van der Waals surface area contributed by atoms with Gasteiger partial charge in [-0.25, -0.2) is 0 Å². The predicted molar refractivity (Wildman–Crippen MR) is 84.7 cm³/mol. The van der Waals surface area contributed by atoms with E-state index in [2.05, 4.69) is 47.6 Å². The molecule has 0 spiro atoms. The highest BCUT2D eigenvalue weighted by Crippen LogP contribution is 2.30. The second-order valence-corrected chi connectivity index (χ2v) is 6.28. The third-order valence-corrected chi connectivity index (χ3v) is 4.67. The van der Waals surface area contributed by atoms with Gasteiger partial charge < -0.3 is 5.32 Å². The topological polar surface area (TPSA) is 24.9 Å². The van der Waals surface area contributed by atoms with Gasteiger partial charge in [-0.2, -0.15) is 0 Å². The number of hydrogen-bond donors (Lipinski definition) is 1. The summed E-state index contributed by atoms with van der Waals surface area (Å²) in [4.78, 5) is 4.55. The molecule has 20 heavy (non-hydrogen) atoms. The fraction of sp³-hybridized carbons (Fsp3) is 0.500. The van der Waals surface area contributed by atoms with Crippen molar-refractivity contribution in [2.24, 2.45) is 11.8 Å². The molecule has 1 N–H and O–H groups in total. The van der Waals surface area contributed by atoms with Crippen LogP contribution >= 0.6 is 0 Å². The van der Waals surface area contributed by atoms with Crippen LogP contribution in [0.4, 0.5) is 0 Å². The van der Waals surface area contributed by atoms with E-state index in [0.717, 1.165) is 36.1 Å². The molecule has 0 bridgehead atoms. The lowest BCUT2D eigenvalue weighted by Gasteiger charge is -2.16. The molecule has 0 radical (unpaired) electrons. The average molecular weight is 268 g/mol. The molecule has 3 rings (SSSR count). The molecule has 1 saturated carbocycles. The fourth-order valence-corrected chi connectivity index (χ4v) is 3.31. The summed E-state index contributed by atoms with van der Waals surface area (Å²) in [6.07, 6.45) is 4.22. The Morgan fingerprint density at radius 2 is 2.10 bits per heavy atom. The van der Waals surface area contributed by atoms with E-state index in [9.17, 15) is 0 Å². The molecular weight excluding hydrogens is 244 g/mol. The minimum Gasteiger partial charge on any atom is -0.312 e. The van der Waals surface area contributed by atoms with Gasteiger partial charge in [0.25, 0.3) is 0 Å². The Kier molecular flexibility index (Phi) is 4.02. The highest BCUT2D eigenvalue weighted by atomic mass is 14.9. The summed E-state index contributed by atoms with van der Waals surface area (Å²) in [5.74, 6) is 1.77. The number of benzene rings is 1. The smallest absolute Gasteiger partial charge is 0.0705 e. The van der Waals surface area contributed by atoms with E-state index >= 15 is 0 Å². The van der Waals surface area contributed by atoms with Crippen LogP contribution in [-0.2, 0) is 6.54 Å². The molecule has 0 saturated heterocycles. The molecule has 1 heterocycles. The van der Waals surface area contributed by atoms with Crippen molar-refractivity contribution in [2.45, 2.75) is 39.7 Å². The van der Waals surface area contributed by atoms with E-state index < -0.39 is 0 Å². The highest BCUT2D eigenvalue weighted by molar-refractivity contribution is 5.79. The number of fused-ring (bicyclic) bond motifs is 1. The summed E-state index contributed by atoms with van der Waals surface area (Å²) in [6.45, 7) is 6.55. The Morgan fingerprint density at radius 1 is 1.20 bits per heavy atom. The van der Waals surface area contributed by atoms with Crippen LogP contribution in [0.1, 0.15) is 37.4 Å². The molecule has 1 aliphatic carbocycles. The average Bonchev–Trinajstić information content (AvgIpc) is 2.85. The Morgan fingerprint density at radius 3 is 2.90 bits per heavy atom. The van der Waals surface area contributed by atoms with Crippen molar-refractivity contribution < 1.29 is 0 Å². The van der Waals surface area contributed by atoms with Gasteiger partial charge in [0, 0.05) is 17.6 Å². The van der Waals surface area contributed by atoms with Crippen molar-refractivity contribution in [3.63, 3.8) is 0 Å². The minimum atomic E-state index is 0.875. The van der Waals surface area contributed by atoms with E-state index in [1.807, 2.05) is 6.92 Å². The lowest BCUT2D eigenvalue weighted by Crippen LogP contribution is -2.23. The van der Waals surface area contributed by atoms with E-state index in [-0.39, 0.29) is 0 Å². The van der Waals surface area contributed by atoms with Gasteiger partial charge in [0.15, 0.2) is 0 Å². The first-order valence-electron chi connectivity index (χ1n) is 7.79. The van der Waals surface area contributed by atoms with Crippen LogP contribution in [0.15, 0.2) is 30.3 Å². The van der Waals surface area contributed by atoms with Gasteiger partial charge in [-0.3, -0.25) is 4.98 Å². The molecule has 1 aromatic carbocycles. The molecule has 1 fully saturated rings. The van der Waals surface area contributed by atoms with Crippen molar-refractivity contribution in [1.29, 1.82) is 0 Å². The number of aromatic nitrogens is 1. The van der Waals surface area contributed by atoms with Gasteiger partial charge in [-0.15, -0.1) is 0 Å². The molecule has 2 heteroatoms. The van der Waals surface area contributed by atoms with Crippen LogP contribution in [0.5, 0.6) is 0 Å². The maximum atomic E-state index is 4.55. The van der Waals surface area contributed by atoms with Crippen molar-refractivity contribution in [3.05, 3.63) is 41.6 Å². The highest BCUT2D eigenvalue weighted by Gasteiger charge is 2.22. The zero-order valence-corrected chi connectivity index (χ0v) is 12.5. The second-order valence-electron chi connectivity index (χ2n) is 6.28. The van der Waals surface area contributed by atoms with Crippen LogP contribution < -0.4 is 5.32 Å². The Bertz CT molecular complexity index is 591. The van der Waals surface area contributed by atoms with Crippen LogP contribution in [0, 0.1) is 18.8 Å². The molecule has 0 amide bonds. The number of pyridine rings is 1. The summed E-state index contributed by atoms with van der Waals surface area (Å²) in [6, 6.07) is 10.8. The van der Waals surface area contributed by atoms with Gasteiger partial charge in [0.2, 0.25) is 0 Å². The molecule has 1 aromatic heterocycles. The number of rotatable bonds is 4. The maximum Gasteiger partial charge on any atom is 0.0705 e. The Labute approximate surface area is 121 Å². The normalized spacial score (nSPS) is 22.5. The zero-order chi connectivity index (χ0) is 13.9. The monoisotopic (exact) mass is 268 g/mol. The van der Waals surface area contributed by atoms with Crippen molar-refractivity contribution >= 4 is 10.9 Å². The molecular formula is C18H24N2. The Balaban J connectivity index is 1.61. The van der Waals surface area contributed by atoms with Crippen molar-refractivity contribution in [2.75, 3.05) is 6.54 Å². The van der Waals surface area contributed by atoms with Crippen LogP contribution in [0.3, 0.4) is 0 Å². The Hall–Kier alpha value is -1.41. The van der Waals surface area contributed by atoms with E-state index in [1.165, 1.54) is 30.2 Å². The van der Waals surface area contributed by atoms with Gasteiger partial charge in [-0.05, 0) is 55.5 Å². The quantitative estimate of drug-likeness (QED) is 0.904. The first kappa shape index (κ1) is 13.6.